The highest BCUT2D eigenvalue weighted by molar-refractivity contribution is 6.18. The van der Waals surface area contributed by atoms with E-state index >= 15 is 0 Å². The number of aromatic nitrogens is 1. The van der Waals surface area contributed by atoms with Gasteiger partial charge >= 0.3 is 0 Å². The van der Waals surface area contributed by atoms with Crippen molar-refractivity contribution in [3.63, 3.8) is 0 Å². The van der Waals surface area contributed by atoms with Crippen LogP contribution in [0.3, 0.4) is 0 Å². The molecule has 0 radical (unpaired) electrons. The van der Waals surface area contributed by atoms with Crippen LogP contribution in [-0.4, -0.2) is 21.7 Å². The van der Waals surface area contributed by atoms with Crippen LogP contribution in [0.1, 0.15) is 11.4 Å². The molecule has 0 fully saturated rings. The third-order valence-electron chi connectivity index (χ3n) is 1.99. The van der Waals surface area contributed by atoms with Gasteiger partial charge in [0.25, 0.3) is 0 Å². The summed E-state index contributed by atoms with van der Waals surface area (Å²) in [6.45, 7) is 4.63. The molecule has 0 spiro atoms. The molecule has 0 saturated carbocycles. The van der Waals surface area contributed by atoms with Gasteiger partial charge in [-0.3, -0.25) is 0 Å². The predicted octanol–water partition coefficient (Wildman–Crippen LogP) is 1.70. The second-order valence-corrected chi connectivity index (χ2v) is 3.34. The maximum Gasteiger partial charge on any atom is 0.0854 e. The Labute approximate surface area is 77.8 Å². The molecular weight excluding hydrogens is 174 g/mol. The Morgan fingerprint density at radius 2 is 1.92 bits per heavy atom. The second-order valence-electron chi connectivity index (χ2n) is 3.03. The zero-order chi connectivity index (χ0) is 9.14. The minimum Gasteiger partial charge on any atom is -0.390 e. The maximum atomic E-state index is 9.33. The molecule has 0 unspecified atom stereocenters. The van der Waals surface area contributed by atoms with E-state index in [4.69, 9.17) is 11.6 Å². The Bertz CT molecular complexity index is 238. The summed E-state index contributed by atoms with van der Waals surface area (Å²) in [4.78, 5) is 0. The Morgan fingerprint density at radius 3 is 2.33 bits per heavy atom. The van der Waals surface area contributed by atoms with Gasteiger partial charge in [-0.2, -0.15) is 0 Å². The van der Waals surface area contributed by atoms with Crippen molar-refractivity contribution < 1.29 is 5.11 Å². The summed E-state index contributed by atoms with van der Waals surface area (Å²) in [6.07, 6.45) is -0.448. The highest BCUT2D eigenvalue weighted by Gasteiger charge is 2.06. The molecule has 3 heteroatoms. The predicted molar refractivity (Wildman–Crippen MR) is 50.6 cm³/mol. The van der Waals surface area contributed by atoms with Crippen molar-refractivity contribution in [2.24, 2.45) is 0 Å². The minimum absolute atomic E-state index is 0.289. The SMILES string of the molecule is Cc1ccc(C)n1C[C@H](O)CCl. The molecule has 2 nitrogen and oxygen atoms in total. The maximum absolute atomic E-state index is 9.33. The highest BCUT2D eigenvalue weighted by atomic mass is 35.5. The van der Waals surface area contributed by atoms with E-state index in [1.54, 1.807) is 0 Å². The third-order valence-corrected chi connectivity index (χ3v) is 2.34. The molecule has 0 aromatic carbocycles. The van der Waals surface area contributed by atoms with Crippen LogP contribution in [-0.2, 0) is 6.54 Å². The molecule has 0 aliphatic heterocycles. The molecule has 1 aromatic rings. The summed E-state index contributed by atoms with van der Waals surface area (Å²) in [6, 6.07) is 4.08. The van der Waals surface area contributed by atoms with Gasteiger partial charge in [-0.15, -0.1) is 11.6 Å². The number of aliphatic hydroxyl groups excluding tert-OH is 1. The van der Waals surface area contributed by atoms with Crippen LogP contribution in [0.2, 0.25) is 0 Å². The summed E-state index contributed by atoms with van der Waals surface area (Å²) < 4.78 is 2.06. The fourth-order valence-electron chi connectivity index (χ4n) is 1.25. The first kappa shape index (κ1) is 9.62. The van der Waals surface area contributed by atoms with Crippen molar-refractivity contribution in [2.45, 2.75) is 26.5 Å². The first-order chi connectivity index (χ1) is 5.65. The molecule has 1 atom stereocenters. The van der Waals surface area contributed by atoms with E-state index in [0.29, 0.717) is 6.54 Å². The molecule has 1 N–H and O–H groups in total. The molecule has 0 bridgehead atoms. The lowest BCUT2D eigenvalue weighted by Crippen LogP contribution is -2.18. The number of aryl methyl sites for hydroxylation is 2. The average molecular weight is 188 g/mol. The van der Waals surface area contributed by atoms with Gasteiger partial charge in [0, 0.05) is 17.9 Å². The van der Waals surface area contributed by atoms with E-state index < -0.39 is 6.10 Å². The summed E-state index contributed by atoms with van der Waals surface area (Å²) in [5.74, 6) is 0.289. The van der Waals surface area contributed by atoms with Gasteiger partial charge in [0.1, 0.15) is 0 Å². The molecule has 68 valence electrons. The smallest absolute Gasteiger partial charge is 0.0854 e. The molecular formula is C9H14ClNO. The molecule has 0 amide bonds. The van der Waals surface area contributed by atoms with Crippen LogP contribution in [0, 0.1) is 13.8 Å². The normalized spacial score (nSPS) is 13.3. The average Bonchev–Trinajstić information content (AvgIpc) is 2.35. The van der Waals surface area contributed by atoms with E-state index in [-0.39, 0.29) is 5.88 Å². The van der Waals surface area contributed by atoms with Gasteiger partial charge in [0.2, 0.25) is 0 Å². The molecule has 12 heavy (non-hydrogen) atoms. The van der Waals surface area contributed by atoms with Crippen LogP contribution in [0.4, 0.5) is 0 Å². The molecule has 1 rings (SSSR count). The number of halogens is 1. The van der Waals surface area contributed by atoms with Crippen molar-refractivity contribution in [2.75, 3.05) is 5.88 Å². The first-order valence-electron chi connectivity index (χ1n) is 4.02. The summed E-state index contributed by atoms with van der Waals surface area (Å²) in [7, 11) is 0. The topological polar surface area (TPSA) is 25.2 Å². The quantitative estimate of drug-likeness (QED) is 0.717. The zero-order valence-corrected chi connectivity index (χ0v) is 8.17. The Morgan fingerprint density at radius 1 is 1.42 bits per heavy atom. The molecule has 0 aliphatic rings. The largest absolute Gasteiger partial charge is 0.390 e. The number of nitrogens with zero attached hydrogens (tertiary/aromatic N) is 1. The van der Waals surface area contributed by atoms with Crippen LogP contribution >= 0.6 is 11.6 Å². The lowest BCUT2D eigenvalue weighted by atomic mass is 10.4. The lowest BCUT2D eigenvalue weighted by Gasteiger charge is -2.12. The number of aliphatic hydroxyl groups is 1. The van der Waals surface area contributed by atoms with E-state index in [9.17, 15) is 5.11 Å². The summed E-state index contributed by atoms with van der Waals surface area (Å²) in [5.41, 5.74) is 2.33. The molecule has 0 aliphatic carbocycles. The fraction of sp³-hybridized carbons (Fsp3) is 0.556. The van der Waals surface area contributed by atoms with Gasteiger partial charge in [-0.1, -0.05) is 0 Å². The van der Waals surface area contributed by atoms with Crippen LogP contribution in [0.25, 0.3) is 0 Å². The first-order valence-corrected chi connectivity index (χ1v) is 4.55. The van der Waals surface area contributed by atoms with Crippen molar-refractivity contribution >= 4 is 11.6 Å². The van der Waals surface area contributed by atoms with Crippen molar-refractivity contribution in [3.05, 3.63) is 23.5 Å². The van der Waals surface area contributed by atoms with Crippen LogP contribution in [0.5, 0.6) is 0 Å². The summed E-state index contributed by atoms with van der Waals surface area (Å²) >= 11 is 5.51. The van der Waals surface area contributed by atoms with Crippen LogP contribution < -0.4 is 0 Å². The number of alkyl halides is 1. The van der Waals surface area contributed by atoms with Gasteiger partial charge in [0.15, 0.2) is 0 Å². The number of rotatable bonds is 3. The fourth-order valence-corrected chi connectivity index (χ4v) is 1.34. The molecule has 1 aromatic heterocycles. The highest BCUT2D eigenvalue weighted by Crippen LogP contribution is 2.08. The number of hydrogen-bond donors (Lipinski definition) is 1. The number of hydrogen-bond acceptors (Lipinski definition) is 1. The molecule has 1 heterocycles. The zero-order valence-electron chi connectivity index (χ0n) is 7.42. The van der Waals surface area contributed by atoms with Crippen molar-refractivity contribution in [1.29, 1.82) is 0 Å². The van der Waals surface area contributed by atoms with Crippen LogP contribution in [0.15, 0.2) is 12.1 Å². The van der Waals surface area contributed by atoms with E-state index in [1.165, 1.54) is 0 Å². The van der Waals surface area contributed by atoms with Gasteiger partial charge in [-0.05, 0) is 26.0 Å². The van der Waals surface area contributed by atoms with Gasteiger partial charge in [-0.25, -0.2) is 0 Å². The van der Waals surface area contributed by atoms with E-state index in [1.807, 2.05) is 26.0 Å². The van der Waals surface area contributed by atoms with E-state index in [2.05, 4.69) is 4.57 Å². The molecule has 0 saturated heterocycles. The Balaban J connectivity index is 2.73. The summed E-state index contributed by atoms with van der Waals surface area (Å²) in [5, 5.41) is 9.33. The van der Waals surface area contributed by atoms with Gasteiger partial charge in [0.05, 0.1) is 12.0 Å². The van der Waals surface area contributed by atoms with Gasteiger partial charge < -0.3 is 9.67 Å². The third kappa shape index (κ3) is 2.02. The lowest BCUT2D eigenvalue weighted by molar-refractivity contribution is 0.175. The standard InChI is InChI=1S/C9H14ClNO/c1-7-3-4-8(2)11(7)6-9(12)5-10/h3-4,9,12H,5-6H2,1-2H3/t9-/m1/s1. The van der Waals surface area contributed by atoms with Crippen molar-refractivity contribution in [1.82, 2.24) is 4.57 Å². The van der Waals surface area contributed by atoms with Crippen molar-refractivity contribution in [3.8, 4) is 0 Å². The monoisotopic (exact) mass is 187 g/mol. The van der Waals surface area contributed by atoms with E-state index in [0.717, 1.165) is 11.4 Å². The Hall–Kier alpha value is -0.470. The Kier molecular flexibility index (Phi) is 3.18. The second kappa shape index (κ2) is 3.97. The minimum atomic E-state index is -0.448.